The predicted octanol–water partition coefficient (Wildman–Crippen LogP) is 5.02. The molecule has 1 amide bonds. The smallest absolute Gasteiger partial charge is 0.230 e. The van der Waals surface area contributed by atoms with Crippen LogP contribution < -0.4 is 14.8 Å². The van der Waals surface area contributed by atoms with Crippen LogP contribution in [0.2, 0.25) is 0 Å². The first-order valence-corrected chi connectivity index (χ1v) is 9.95. The molecule has 0 radical (unpaired) electrons. The topological polar surface area (TPSA) is 60.5 Å². The van der Waals surface area contributed by atoms with E-state index in [-0.39, 0.29) is 5.91 Å². The van der Waals surface area contributed by atoms with Crippen LogP contribution in [0, 0.1) is 13.8 Å². The third kappa shape index (κ3) is 4.70. The highest BCUT2D eigenvalue weighted by molar-refractivity contribution is 7.16. The third-order valence-corrected chi connectivity index (χ3v) is 5.19. The number of hydrogen-bond donors (Lipinski definition) is 1. The molecular formula is C22H24N2O3S. The quantitative estimate of drug-likeness (QED) is 0.609. The number of methoxy groups -OCH3 is 1. The Bertz CT molecular complexity index is 964. The van der Waals surface area contributed by atoms with Crippen molar-refractivity contribution in [1.29, 1.82) is 0 Å². The van der Waals surface area contributed by atoms with Crippen molar-refractivity contribution in [3.05, 3.63) is 58.5 Å². The van der Waals surface area contributed by atoms with Crippen LogP contribution in [0.3, 0.4) is 0 Å². The number of hydrogen-bond acceptors (Lipinski definition) is 5. The van der Waals surface area contributed by atoms with Crippen LogP contribution in [0.1, 0.15) is 22.9 Å². The van der Waals surface area contributed by atoms with Gasteiger partial charge in [0.05, 0.1) is 25.8 Å². The molecule has 2 aromatic carbocycles. The highest BCUT2D eigenvalue weighted by Gasteiger charge is 2.13. The molecule has 146 valence electrons. The Morgan fingerprint density at radius 2 is 1.89 bits per heavy atom. The first kappa shape index (κ1) is 19.9. The number of aromatic nitrogens is 1. The molecule has 3 rings (SSSR count). The highest BCUT2D eigenvalue weighted by Crippen LogP contribution is 2.31. The van der Waals surface area contributed by atoms with Crippen LogP contribution in [0.25, 0.3) is 11.3 Å². The Labute approximate surface area is 169 Å². The summed E-state index contributed by atoms with van der Waals surface area (Å²) in [5, 5.41) is 3.52. The molecule has 1 heterocycles. The van der Waals surface area contributed by atoms with Gasteiger partial charge in [-0.1, -0.05) is 12.1 Å². The van der Waals surface area contributed by atoms with E-state index >= 15 is 0 Å². The summed E-state index contributed by atoms with van der Waals surface area (Å²) in [4.78, 5) is 18.1. The lowest BCUT2D eigenvalue weighted by molar-refractivity contribution is -0.115. The van der Waals surface area contributed by atoms with E-state index < -0.39 is 0 Å². The summed E-state index contributed by atoms with van der Waals surface area (Å²) in [6, 6.07) is 13.6. The van der Waals surface area contributed by atoms with Crippen molar-refractivity contribution in [1.82, 2.24) is 4.98 Å². The van der Waals surface area contributed by atoms with Crippen molar-refractivity contribution in [3.8, 4) is 22.8 Å². The number of thiazole rings is 1. The molecule has 0 aliphatic rings. The fourth-order valence-corrected chi connectivity index (χ4v) is 3.84. The van der Waals surface area contributed by atoms with Crippen molar-refractivity contribution in [2.45, 2.75) is 27.2 Å². The fourth-order valence-electron chi connectivity index (χ4n) is 2.99. The molecule has 0 saturated heterocycles. The van der Waals surface area contributed by atoms with Crippen molar-refractivity contribution >= 4 is 22.4 Å². The molecule has 0 atom stereocenters. The molecule has 1 aromatic heterocycles. The van der Waals surface area contributed by atoms with Gasteiger partial charge in [0, 0.05) is 10.4 Å². The first-order valence-electron chi connectivity index (χ1n) is 9.14. The van der Waals surface area contributed by atoms with Gasteiger partial charge >= 0.3 is 0 Å². The largest absolute Gasteiger partial charge is 0.496 e. The van der Waals surface area contributed by atoms with Crippen LogP contribution in [-0.2, 0) is 11.2 Å². The van der Waals surface area contributed by atoms with Crippen molar-refractivity contribution < 1.29 is 14.3 Å². The molecular weight excluding hydrogens is 372 g/mol. The number of rotatable bonds is 7. The number of ether oxygens (including phenoxy) is 2. The maximum atomic E-state index is 12.4. The molecule has 0 unspecified atom stereocenters. The van der Waals surface area contributed by atoms with E-state index in [2.05, 4.69) is 10.3 Å². The number of nitrogens with zero attached hydrogens (tertiary/aromatic N) is 1. The van der Waals surface area contributed by atoms with Gasteiger partial charge < -0.3 is 14.8 Å². The van der Waals surface area contributed by atoms with Gasteiger partial charge in [0.15, 0.2) is 5.13 Å². The molecule has 0 aliphatic carbocycles. The Hall–Kier alpha value is -2.86. The summed E-state index contributed by atoms with van der Waals surface area (Å²) >= 11 is 1.48. The molecule has 3 aromatic rings. The van der Waals surface area contributed by atoms with Crippen molar-refractivity contribution in [3.63, 3.8) is 0 Å². The normalized spacial score (nSPS) is 10.6. The summed E-state index contributed by atoms with van der Waals surface area (Å²) in [7, 11) is 1.64. The van der Waals surface area contributed by atoms with Crippen LogP contribution in [0.15, 0.2) is 42.5 Å². The van der Waals surface area contributed by atoms with Gasteiger partial charge in [-0.25, -0.2) is 4.98 Å². The van der Waals surface area contributed by atoms with E-state index in [9.17, 15) is 4.79 Å². The predicted molar refractivity (Wildman–Crippen MR) is 114 cm³/mol. The Balaban J connectivity index is 1.69. The van der Waals surface area contributed by atoms with E-state index in [4.69, 9.17) is 9.47 Å². The third-order valence-electron chi connectivity index (χ3n) is 4.31. The second-order valence-electron chi connectivity index (χ2n) is 6.41. The number of aryl methyl sites for hydroxylation is 2. The van der Waals surface area contributed by atoms with Gasteiger partial charge in [0.2, 0.25) is 5.91 Å². The van der Waals surface area contributed by atoms with Gasteiger partial charge in [-0.05, 0) is 62.2 Å². The van der Waals surface area contributed by atoms with Gasteiger partial charge in [-0.15, -0.1) is 11.3 Å². The Kier molecular flexibility index (Phi) is 6.31. The SMILES string of the molecule is CCOc1ccc(-c2nc(NC(=O)Cc3ccc(OC)c(C)c3)sc2C)cc1. The number of carbonyl (C=O) groups excluding carboxylic acids is 1. The van der Waals surface area contributed by atoms with Gasteiger partial charge in [-0.2, -0.15) is 0 Å². The van der Waals surface area contributed by atoms with E-state index in [0.29, 0.717) is 18.2 Å². The summed E-state index contributed by atoms with van der Waals surface area (Å²) in [6.07, 6.45) is 0.294. The maximum absolute atomic E-state index is 12.4. The van der Waals surface area contributed by atoms with Gasteiger partial charge in [-0.3, -0.25) is 4.79 Å². The van der Waals surface area contributed by atoms with Gasteiger partial charge in [0.25, 0.3) is 0 Å². The molecule has 1 N–H and O–H groups in total. The molecule has 0 bridgehead atoms. The number of anilines is 1. The maximum Gasteiger partial charge on any atom is 0.230 e. The number of amides is 1. The van der Waals surface area contributed by atoms with E-state index in [0.717, 1.165) is 38.8 Å². The zero-order valence-corrected chi connectivity index (χ0v) is 17.4. The zero-order chi connectivity index (χ0) is 20.1. The average molecular weight is 397 g/mol. The minimum absolute atomic E-state index is 0.0865. The lowest BCUT2D eigenvalue weighted by Gasteiger charge is -2.07. The van der Waals surface area contributed by atoms with Crippen molar-refractivity contribution in [2.24, 2.45) is 0 Å². The average Bonchev–Trinajstić information content (AvgIpc) is 3.02. The van der Waals surface area contributed by atoms with E-state index in [1.165, 1.54) is 11.3 Å². The molecule has 0 saturated carbocycles. The lowest BCUT2D eigenvalue weighted by atomic mass is 10.1. The monoisotopic (exact) mass is 396 g/mol. The van der Waals surface area contributed by atoms with Crippen LogP contribution in [0.5, 0.6) is 11.5 Å². The number of benzene rings is 2. The molecule has 6 heteroatoms. The van der Waals surface area contributed by atoms with Crippen LogP contribution in [0.4, 0.5) is 5.13 Å². The fraction of sp³-hybridized carbons (Fsp3) is 0.273. The van der Waals surface area contributed by atoms with Crippen LogP contribution in [-0.4, -0.2) is 24.6 Å². The minimum atomic E-state index is -0.0865. The molecule has 0 aliphatic heterocycles. The second kappa shape index (κ2) is 8.89. The summed E-state index contributed by atoms with van der Waals surface area (Å²) in [5.74, 6) is 1.57. The van der Waals surface area contributed by atoms with E-state index in [1.54, 1.807) is 7.11 Å². The molecule has 0 fully saturated rings. The second-order valence-corrected chi connectivity index (χ2v) is 7.61. The number of nitrogens with one attached hydrogen (secondary N) is 1. The van der Waals surface area contributed by atoms with Crippen molar-refractivity contribution in [2.75, 3.05) is 19.0 Å². The van der Waals surface area contributed by atoms with Crippen LogP contribution >= 0.6 is 11.3 Å². The number of carbonyl (C=O) groups is 1. The first-order chi connectivity index (χ1) is 13.5. The molecule has 0 spiro atoms. The molecule has 28 heavy (non-hydrogen) atoms. The standard InChI is InChI=1S/C22H24N2O3S/c1-5-27-18-9-7-17(8-10-18)21-15(3)28-22(24-21)23-20(25)13-16-6-11-19(26-4)14(2)12-16/h6-12H,5,13H2,1-4H3,(H,23,24,25). The van der Waals surface area contributed by atoms with E-state index in [1.807, 2.05) is 63.2 Å². The highest BCUT2D eigenvalue weighted by atomic mass is 32.1. The lowest BCUT2D eigenvalue weighted by Crippen LogP contribution is -2.14. The molecule has 5 nitrogen and oxygen atoms in total. The van der Waals surface area contributed by atoms with Gasteiger partial charge in [0.1, 0.15) is 11.5 Å². The zero-order valence-electron chi connectivity index (χ0n) is 16.5. The Morgan fingerprint density at radius 1 is 1.14 bits per heavy atom. The Morgan fingerprint density at radius 3 is 2.54 bits per heavy atom. The summed E-state index contributed by atoms with van der Waals surface area (Å²) in [6.45, 7) is 6.57. The summed E-state index contributed by atoms with van der Waals surface area (Å²) in [5.41, 5.74) is 3.83. The summed E-state index contributed by atoms with van der Waals surface area (Å²) < 4.78 is 10.7. The minimum Gasteiger partial charge on any atom is -0.496 e.